The van der Waals surface area contributed by atoms with Crippen molar-refractivity contribution in [3.05, 3.63) is 60.2 Å². The van der Waals surface area contributed by atoms with Gasteiger partial charge in [-0.1, -0.05) is 30.3 Å². The van der Waals surface area contributed by atoms with Gasteiger partial charge < -0.3 is 4.74 Å². The molecule has 0 amide bonds. The largest absolute Gasteiger partial charge is 0.457 e. The maximum Gasteiger partial charge on any atom is 0.235 e. The molecule has 0 radical (unpaired) electrons. The van der Waals surface area contributed by atoms with Crippen LogP contribution >= 0.6 is 0 Å². The summed E-state index contributed by atoms with van der Waals surface area (Å²) >= 11 is 0. The molecule has 2 aromatic rings. The number of isocyanates is 1. The van der Waals surface area contributed by atoms with Gasteiger partial charge in [0.15, 0.2) is 0 Å². The minimum atomic E-state index is 0.329. The fourth-order valence-corrected chi connectivity index (χ4v) is 1.46. The van der Waals surface area contributed by atoms with Crippen LogP contribution < -0.4 is 4.74 Å². The first-order valence-electron chi connectivity index (χ1n) is 5.24. The zero-order chi connectivity index (χ0) is 11.9. The van der Waals surface area contributed by atoms with Crippen molar-refractivity contribution in [3.63, 3.8) is 0 Å². The number of aliphatic imine (C=N–C) groups is 1. The van der Waals surface area contributed by atoms with E-state index in [1.54, 1.807) is 0 Å². The first-order valence-corrected chi connectivity index (χ1v) is 5.24. The van der Waals surface area contributed by atoms with Gasteiger partial charge in [-0.2, -0.15) is 0 Å². The molecule has 0 spiro atoms. The molecule has 0 aromatic heterocycles. The van der Waals surface area contributed by atoms with E-state index in [1.807, 2.05) is 54.6 Å². The van der Waals surface area contributed by atoms with Crippen molar-refractivity contribution in [3.8, 4) is 11.5 Å². The summed E-state index contributed by atoms with van der Waals surface area (Å²) in [6.45, 7) is 0.329. The molecular weight excluding hydrogens is 214 g/mol. The van der Waals surface area contributed by atoms with Gasteiger partial charge in [0.2, 0.25) is 6.08 Å². The van der Waals surface area contributed by atoms with Crippen molar-refractivity contribution in [1.82, 2.24) is 0 Å². The molecule has 0 heterocycles. The van der Waals surface area contributed by atoms with Crippen molar-refractivity contribution >= 4 is 6.08 Å². The molecule has 0 aliphatic heterocycles. The molecule has 0 bridgehead atoms. The van der Waals surface area contributed by atoms with E-state index in [2.05, 4.69) is 4.99 Å². The maximum absolute atomic E-state index is 10.0. The molecule has 84 valence electrons. The normalized spacial score (nSPS) is 9.41. The molecule has 2 aromatic carbocycles. The van der Waals surface area contributed by atoms with Gasteiger partial charge in [-0.15, -0.1) is 0 Å². The van der Waals surface area contributed by atoms with E-state index in [9.17, 15) is 4.79 Å². The van der Waals surface area contributed by atoms with E-state index in [1.165, 1.54) is 6.08 Å². The molecule has 0 aliphatic rings. The van der Waals surface area contributed by atoms with Gasteiger partial charge in [0.05, 0.1) is 6.54 Å². The minimum Gasteiger partial charge on any atom is -0.457 e. The summed E-state index contributed by atoms with van der Waals surface area (Å²) in [6, 6.07) is 17.0. The van der Waals surface area contributed by atoms with Gasteiger partial charge in [0.25, 0.3) is 0 Å². The number of hydrogen-bond donors (Lipinski definition) is 0. The second-order valence-electron chi connectivity index (χ2n) is 3.47. The van der Waals surface area contributed by atoms with E-state index in [4.69, 9.17) is 4.74 Å². The monoisotopic (exact) mass is 225 g/mol. The Kier molecular flexibility index (Phi) is 3.68. The van der Waals surface area contributed by atoms with Crippen molar-refractivity contribution in [2.75, 3.05) is 0 Å². The van der Waals surface area contributed by atoms with E-state index in [0.29, 0.717) is 6.54 Å². The molecule has 0 saturated heterocycles. The summed E-state index contributed by atoms with van der Waals surface area (Å²) in [7, 11) is 0. The van der Waals surface area contributed by atoms with Crippen LogP contribution in [0, 0.1) is 0 Å². The lowest BCUT2D eigenvalue weighted by Gasteiger charge is -2.06. The standard InChI is InChI=1S/C14H11NO2/c16-11-15-10-12-5-4-8-14(9-12)17-13-6-2-1-3-7-13/h1-9H,10H2. The van der Waals surface area contributed by atoms with Crippen LogP contribution in [0.2, 0.25) is 0 Å². The van der Waals surface area contributed by atoms with Crippen molar-refractivity contribution in [1.29, 1.82) is 0 Å². The minimum absolute atomic E-state index is 0.329. The third-order valence-corrected chi connectivity index (χ3v) is 2.20. The lowest BCUT2D eigenvalue weighted by molar-refractivity contribution is 0.482. The third kappa shape index (κ3) is 3.30. The Balaban J connectivity index is 2.14. The van der Waals surface area contributed by atoms with E-state index >= 15 is 0 Å². The molecule has 0 N–H and O–H groups in total. The molecule has 0 saturated carbocycles. The summed E-state index contributed by atoms with van der Waals surface area (Å²) in [5, 5.41) is 0. The molecule has 2 rings (SSSR count). The summed E-state index contributed by atoms with van der Waals surface area (Å²) in [5.74, 6) is 1.51. The second-order valence-corrected chi connectivity index (χ2v) is 3.47. The van der Waals surface area contributed by atoms with Crippen LogP contribution in [-0.4, -0.2) is 6.08 Å². The molecule has 0 aliphatic carbocycles. The highest BCUT2D eigenvalue weighted by molar-refractivity contribution is 5.36. The number of rotatable bonds is 4. The Morgan fingerprint density at radius 3 is 2.53 bits per heavy atom. The third-order valence-electron chi connectivity index (χ3n) is 2.20. The lowest BCUT2D eigenvalue weighted by Crippen LogP contribution is -1.86. The number of benzene rings is 2. The van der Waals surface area contributed by atoms with E-state index in [-0.39, 0.29) is 0 Å². The topological polar surface area (TPSA) is 38.7 Å². The summed E-state index contributed by atoms with van der Waals surface area (Å²) in [5.41, 5.74) is 0.918. The van der Waals surface area contributed by atoms with Crippen LogP contribution in [0.15, 0.2) is 59.6 Å². The number of hydrogen-bond acceptors (Lipinski definition) is 3. The Morgan fingerprint density at radius 2 is 1.76 bits per heavy atom. The van der Waals surface area contributed by atoms with Gasteiger partial charge in [0, 0.05) is 0 Å². The molecule has 3 heteroatoms. The van der Waals surface area contributed by atoms with Crippen LogP contribution in [0.5, 0.6) is 11.5 Å². The highest BCUT2D eigenvalue weighted by Gasteiger charge is 1.98. The summed E-state index contributed by atoms with van der Waals surface area (Å²) in [6.07, 6.45) is 1.52. The number of ether oxygens (including phenoxy) is 1. The van der Waals surface area contributed by atoms with E-state index < -0.39 is 0 Å². The van der Waals surface area contributed by atoms with Gasteiger partial charge >= 0.3 is 0 Å². The molecule has 0 fully saturated rings. The van der Waals surface area contributed by atoms with E-state index in [0.717, 1.165) is 17.1 Å². The summed E-state index contributed by atoms with van der Waals surface area (Å²) in [4.78, 5) is 13.6. The molecule has 17 heavy (non-hydrogen) atoms. The van der Waals surface area contributed by atoms with Crippen molar-refractivity contribution in [2.24, 2.45) is 4.99 Å². The fraction of sp³-hybridized carbons (Fsp3) is 0.0714. The number of nitrogens with zero attached hydrogens (tertiary/aromatic N) is 1. The number of carbonyl (C=O) groups excluding carboxylic acids is 1. The predicted molar refractivity (Wildman–Crippen MR) is 64.8 cm³/mol. The summed E-state index contributed by atoms with van der Waals surface area (Å²) < 4.78 is 5.66. The molecular formula is C14H11NO2. The Labute approximate surface area is 99.4 Å². The molecule has 0 atom stereocenters. The lowest BCUT2D eigenvalue weighted by atomic mass is 10.2. The average Bonchev–Trinajstić information content (AvgIpc) is 2.38. The van der Waals surface area contributed by atoms with Crippen LogP contribution in [0.1, 0.15) is 5.56 Å². The highest BCUT2D eigenvalue weighted by Crippen LogP contribution is 2.21. The van der Waals surface area contributed by atoms with Gasteiger partial charge in [0.1, 0.15) is 11.5 Å². The van der Waals surface area contributed by atoms with Gasteiger partial charge in [-0.3, -0.25) is 0 Å². The van der Waals surface area contributed by atoms with Gasteiger partial charge in [-0.05, 0) is 29.8 Å². The number of para-hydroxylation sites is 1. The zero-order valence-electron chi connectivity index (χ0n) is 9.17. The Morgan fingerprint density at radius 1 is 1.00 bits per heavy atom. The van der Waals surface area contributed by atoms with Crippen LogP contribution in [0.3, 0.4) is 0 Å². The van der Waals surface area contributed by atoms with Crippen LogP contribution in [0.4, 0.5) is 0 Å². The molecule has 0 unspecified atom stereocenters. The van der Waals surface area contributed by atoms with Crippen LogP contribution in [-0.2, 0) is 11.3 Å². The quantitative estimate of drug-likeness (QED) is 0.591. The smallest absolute Gasteiger partial charge is 0.235 e. The van der Waals surface area contributed by atoms with Crippen molar-refractivity contribution in [2.45, 2.75) is 6.54 Å². The first-order chi connectivity index (χ1) is 8.38. The second kappa shape index (κ2) is 5.64. The zero-order valence-corrected chi connectivity index (χ0v) is 9.17. The van der Waals surface area contributed by atoms with Gasteiger partial charge in [-0.25, -0.2) is 9.79 Å². The molecule has 3 nitrogen and oxygen atoms in total. The van der Waals surface area contributed by atoms with Crippen LogP contribution in [0.25, 0.3) is 0 Å². The Hall–Kier alpha value is -2.38. The first kappa shape index (κ1) is 11.1. The average molecular weight is 225 g/mol. The predicted octanol–water partition coefficient (Wildman–Crippen LogP) is 3.31. The Bertz CT molecular complexity index is 531. The SMILES string of the molecule is O=C=NCc1cccc(Oc2ccccc2)c1. The maximum atomic E-state index is 10.0. The highest BCUT2D eigenvalue weighted by atomic mass is 16.5. The van der Waals surface area contributed by atoms with Crippen molar-refractivity contribution < 1.29 is 9.53 Å². The fourth-order valence-electron chi connectivity index (χ4n) is 1.46.